The van der Waals surface area contributed by atoms with E-state index in [9.17, 15) is 8.42 Å². The average molecular weight is 390 g/mol. The van der Waals surface area contributed by atoms with E-state index in [1.54, 1.807) is 50.4 Å². The van der Waals surface area contributed by atoms with Crippen LogP contribution in [0.25, 0.3) is 0 Å². The van der Waals surface area contributed by atoms with E-state index in [2.05, 4.69) is 20.6 Å². The maximum absolute atomic E-state index is 12.6. The first-order valence-corrected chi connectivity index (χ1v) is 10.9. The highest BCUT2D eigenvalue weighted by Gasteiger charge is 2.23. The number of nitrogens with zero attached hydrogens (tertiary/aromatic N) is 2. The molecule has 2 aromatic rings. The molecule has 0 radical (unpaired) electrons. The molecule has 1 aromatic carbocycles. The van der Waals surface area contributed by atoms with Crippen LogP contribution in [-0.4, -0.2) is 35.7 Å². The summed E-state index contributed by atoms with van der Waals surface area (Å²) in [4.78, 5) is 9.04. The van der Waals surface area contributed by atoms with Gasteiger partial charge in [0.15, 0.2) is 9.84 Å². The van der Waals surface area contributed by atoms with Crippen LogP contribution in [0.3, 0.4) is 0 Å². The average Bonchev–Trinajstić information content (AvgIpc) is 2.64. The Morgan fingerprint density at radius 1 is 1.11 bits per heavy atom. The normalized spacial score (nSPS) is 20.4. The van der Waals surface area contributed by atoms with Crippen molar-refractivity contribution in [2.24, 2.45) is 5.73 Å². The van der Waals surface area contributed by atoms with Gasteiger partial charge in [0.05, 0.1) is 15.8 Å². The molecule has 4 N–H and O–H groups in total. The maximum Gasteiger partial charge on any atom is 0.224 e. The number of nitrogens with one attached hydrogen (secondary N) is 2. The third kappa shape index (κ3) is 4.75. The van der Waals surface area contributed by atoms with Crippen LogP contribution < -0.4 is 16.4 Å². The van der Waals surface area contributed by atoms with Crippen LogP contribution in [0.5, 0.6) is 0 Å². The van der Waals surface area contributed by atoms with Crippen LogP contribution >= 0.6 is 0 Å². The minimum Gasteiger partial charge on any atom is -0.351 e. The van der Waals surface area contributed by atoms with Crippen molar-refractivity contribution in [3.8, 4) is 0 Å². The highest BCUT2D eigenvalue weighted by Crippen LogP contribution is 2.27. The van der Waals surface area contributed by atoms with Crippen molar-refractivity contribution in [1.82, 2.24) is 9.97 Å². The number of para-hydroxylation sites is 1. The quantitative estimate of drug-likeness (QED) is 0.696. The molecule has 0 amide bonds. The number of anilines is 3. The predicted octanol–water partition coefficient (Wildman–Crippen LogP) is 3.08. The van der Waals surface area contributed by atoms with E-state index in [0.717, 1.165) is 25.7 Å². The summed E-state index contributed by atoms with van der Waals surface area (Å²) in [6, 6.07) is 9.20. The summed E-state index contributed by atoms with van der Waals surface area (Å²) < 4.78 is 25.2. The van der Waals surface area contributed by atoms with Gasteiger partial charge in [-0.2, -0.15) is 4.98 Å². The van der Waals surface area contributed by atoms with Crippen LogP contribution in [0.1, 0.15) is 39.5 Å². The summed E-state index contributed by atoms with van der Waals surface area (Å²) in [5.41, 5.74) is 6.47. The van der Waals surface area contributed by atoms with Crippen LogP contribution in [0.2, 0.25) is 0 Å². The van der Waals surface area contributed by atoms with E-state index in [-0.39, 0.29) is 10.9 Å². The second kappa shape index (κ2) is 8.22. The molecule has 0 saturated heterocycles. The molecule has 0 atom stereocenters. The topological polar surface area (TPSA) is 110 Å². The number of rotatable bonds is 6. The first-order valence-electron chi connectivity index (χ1n) is 9.31. The van der Waals surface area contributed by atoms with Gasteiger partial charge in [-0.15, -0.1) is 0 Å². The molecule has 8 heteroatoms. The van der Waals surface area contributed by atoms with Gasteiger partial charge >= 0.3 is 0 Å². The molecule has 0 aliphatic heterocycles. The van der Waals surface area contributed by atoms with Crippen LogP contribution in [0, 0.1) is 0 Å². The van der Waals surface area contributed by atoms with Crippen molar-refractivity contribution in [1.29, 1.82) is 0 Å². The van der Waals surface area contributed by atoms with Crippen molar-refractivity contribution in [2.45, 2.75) is 61.8 Å². The summed E-state index contributed by atoms with van der Waals surface area (Å²) in [5.74, 6) is 1.08. The number of benzene rings is 1. The lowest BCUT2D eigenvalue weighted by Gasteiger charge is -2.26. The molecule has 0 spiro atoms. The maximum atomic E-state index is 12.6. The second-order valence-electron chi connectivity index (χ2n) is 7.24. The van der Waals surface area contributed by atoms with E-state index in [1.165, 1.54) is 0 Å². The van der Waals surface area contributed by atoms with Crippen LogP contribution in [-0.2, 0) is 9.84 Å². The molecular weight excluding hydrogens is 362 g/mol. The van der Waals surface area contributed by atoms with Crippen molar-refractivity contribution in [3.63, 3.8) is 0 Å². The van der Waals surface area contributed by atoms with Gasteiger partial charge in [0.25, 0.3) is 0 Å². The van der Waals surface area contributed by atoms with E-state index in [0.29, 0.717) is 23.5 Å². The smallest absolute Gasteiger partial charge is 0.224 e. The summed E-state index contributed by atoms with van der Waals surface area (Å²) in [6.07, 6.45) is 5.65. The molecule has 27 heavy (non-hydrogen) atoms. The van der Waals surface area contributed by atoms with Gasteiger partial charge in [0, 0.05) is 18.3 Å². The molecule has 0 unspecified atom stereocenters. The molecule has 1 aliphatic carbocycles. The minimum absolute atomic E-state index is 0.273. The summed E-state index contributed by atoms with van der Waals surface area (Å²) in [6.45, 7) is 3.35. The molecule has 1 saturated carbocycles. The number of hydrogen-bond acceptors (Lipinski definition) is 7. The Hall–Kier alpha value is -2.19. The minimum atomic E-state index is -3.40. The molecule has 1 fully saturated rings. The standard InChI is InChI=1S/C19H27N5O2S/c1-13(2)27(25,26)17-6-4-3-5-16(17)23-18-11-12-21-19(24-18)22-15-9-7-14(20)8-10-15/h3-6,11-15H,7-10,20H2,1-2H3,(H2,21,22,23,24). The van der Waals surface area contributed by atoms with Gasteiger partial charge in [-0.25, -0.2) is 13.4 Å². The highest BCUT2D eigenvalue weighted by atomic mass is 32.2. The van der Waals surface area contributed by atoms with Crippen molar-refractivity contribution >= 4 is 27.3 Å². The third-order valence-corrected chi connectivity index (χ3v) is 7.05. The number of aromatic nitrogens is 2. The second-order valence-corrected chi connectivity index (χ2v) is 9.71. The lowest BCUT2D eigenvalue weighted by molar-refractivity contribution is 0.410. The van der Waals surface area contributed by atoms with Crippen molar-refractivity contribution in [2.75, 3.05) is 10.6 Å². The number of hydrogen-bond donors (Lipinski definition) is 3. The predicted molar refractivity (Wildman–Crippen MR) is 108 cm³/mol. The van der Waals surface area contributed by atoms with Crippen molar-refractivity contribution in [3.05, 3.63) is 36.5 Å². The molecule has 146 valence electrons. The van der Waals surface area contributed by atoms with Gasteiger partial charge in [-0.3, -0.25) is 0 Å². The summed E-state index contributed by atoms with van der Waals surface area (Å²) >= 11 is 0. The SMILES string of the molecule is CC(C)S(=O)(=O)c1ccccc1Nc1ccnc(NC2CCC(N)CC2)n1. The first kappa shape index (κ1) is 19.6. The zero-order chi connectivity index (χ0) is 19.4. The van der Waals surface area contributed by atoms with Gasteiger partial charge < -0.3 is 16.4 Å². The van der Waals surface area contributed by atoms with Crippen LogP contribution in [0.15, 0.2) is 41.4 Å². The Morgan fingerprint density at radius 3 is 2.52 bits per heavy atom. The molecule has 1 heterocycles. The Balaban J connectivity index is 1.78. The zero-order valence-electron chi connectivity index (χ0n) is 15.7. The van der Waals surface area contributed by atoms with Gasteiger partial charge in [0.1, 0.15) is 5.82 Å². The van der Waals surface area contributed by atoms with E-state index in [1.807, 2.05) is 0 Å². The fourth-order valence-electron chi connectivity index (χ4n) is 3.15. The Bertz CT molecular complexity index is 877. The molecule has 1 aromatic heterocycles. The Kier molecular flexibility index (Phi) is 5.96. The summed E-state index contributed by atoms with van der Waals surface area (Å²) in [7, 11) is -3.40. The van der Waals surface area contributed by atoms with Gasteiger partial charge in [0.2, 0.25) is 5.95 Å². The van der Waals surface area contributed by atoms with E-state index >= 15 is 0 Å². The first-order chi connectivity index (χ1) is 12.9. The van der Waals surface area contributed by atoms with E-state index < -0.39 is 15.1 Å². The monoisotopic (exact) mass is 389 g/mol. The third-order valence-electron chi connectivity index (χ3n) is 4.84. The summed E-state index contributed by atoms with van der Waals surface area (Å²) in [5, 5.41) is 5.98. The lowest BCUT2D eigenvalue weighted by atomic mass is 9.92. The molecule has 3 rings (SSSR count). The van der Waals surface area contributed by atoms with E-state index in [4.69, 9.17) is 5.73 Å². The highest BCUT2D eigenvalue weighted by molar-refractivity contribution is 7.92. The molecular formula is C19H27N5O2S. The lowest BCUT2D eigenvalue weighted by Crippen LogP contribution is -2.33. The van der Waals surface area contributed by atoms with Gasteiger partial charge in [-0.05, 0) is 57.7 Å². The Labute approximate surface area is 160 Å². The van der Waals surface area contributed by atoms with Crippen LogP contribution in [0.4, 0.5) is 17.5 Å². The largest absolute Gasteiger partial charge is 0.351 e. The number of nitrogens with two attached hydrogens (primary N) is 1. The van der Waals surface area contributed by atoms with Gasteiger partial charge in [-0.1, -0.05) is 12.1 Å². The number of sulfone groups is 1. The zero-order valence-corrected chi connectivity index (χ0v) is 16.5. The fourth-order valence-corrected chi connectivity index (χ4v) is 4.36. The fraction of sp³-hybridized carbons (Fsp3) is 0.474. The molecule has 1 aliphatic rings. The molecule has 7 nitrogen and oxygen atoms in total. The Morgan fingerprint density at radius 2 is 1.81 bits per heavy atom. The molecule has 0 bridgehead atoms. The van der Waals surface area contributed by atoms with Crippen molar-refractivity contribution < 1.29 is 8.42 Å².